The molecule has 3 aromatic carbocycles. The number of para-hydroxylation sites is 1. The highest BCUT2D eigenvalue weighted by Crippen LogP contribution is 2.52. The predicted molar refractivity (Wildman–Crippen MR) is 127 cm³/mol. The molecule has 0 aromatic heterocycles. The van der Waals surface area contributed by atoms with Crippen molar-refractivity contribution in [3.63, 3.8) is 0 Å². The van der Waals surface area contributed by atoms with Crippen LogP contribution in [0.3, 0.4) is 0 Å². The second-order valence-electron chi connectivity index (χ2n) is 8.03. The lowest BCUT2D eigenvalue weighted by Gasteiger charge is -2.24. The van der Waals surface area contributed by atoms with E-state index in [-0.39, 0.29) is 11.8 Å². The summed E-state index contributed by atoms with van der Waals surface area (Å²) in [6, 6.07) is 23.2. The first-order chi connectivity index (χ1) is 15.2. The Hall–Kier alpha value is -2.72. The van der Waals surface area contributed by atoms with Gasteiger partial charge in [0, 0.05) is 28.3 Å². The molecule has 2 aliphatic rings. The molecule has 2 atom stereocenters. The van der Waals surface area contributed by atoms with E-state index in [0.717, 1.165) is 34.6 Å². The molecule has 4 heteroatoms. The van der Waals surface area contributed by atoms with Gasteiger partial charge in [-0.2, -0.15) is 0 Å². The van der Waals surface area contributed by atoms with Gasteiger partial charge in [0.05, 0.1) is 20.3 Å². The van der Waals surface area contributed by atoms with Crippen molar-refractivity contribution in [1.29, 1.82) is 0 Å². The second-order valence-corrected chi connectivity index (χ2v) is 8.94. The number of rotatable bonds is 2. The summed E-state index contributed by atoms with van der Waals surface area (Å²) in [7, 11) is 1.70. The minimum Gasteiger partial charge on any atom is -0.497 e. The zero-order valence-electron chi connectivity index (χ0n) is 17.5. The normalized spacial score (nSPS) is 20.1. The summed E-state index contributed by atoms with van der Waals surface area (Å²) < 4.78 is 18.8. The fraction of sp³-hybridized carbons (Fsp3) is 0.259. The molecule has 0 saturated carbocycles. The maximum Gasteiger partial charge on any atom is 0.123 e. The molecule has 0 spiro atoms. The standard InChI is InChI=1S/C27H25BrO3/c1-29-21-10-7-18(8-11-21)19-15-23-22-5-2-3-6-26(22)30-13-4-14-31-27-12-9-20(28)17-25(27)24(23)16-19/h2-3,5-12,15,17,23-24H,4,13-14,16H2,1H3/t23-,24-/m1/s1. The van der Waals surface area contributed by atoms with Crippen molar-refractivity contribution in [2.75, 3.05) is 20.3 Å². The molecule has 1 heterocycles. The van der Waals surface area contributed by atoms with Crippen LogP contribution in [0.4, 0.5) is 0 Å². The van der Waals surface area contributed by atoms with E-state index in [2.05, 4.69) is 76.6 Å². The highest BCUT2D eigenvalue weighted by molar-refractivity contribution is 9.10. The van der Waals surface area contributed by atoms with Gasteiger partial charge in [0.15, 0.2) is 0 Å². The molecule has 0 bridgehead atoms. The maximum absolute atomic E-state index is 6.21. The molecule has 0 amide bonds. The average molecular weight is 477 g/mol. The molecule has 0 radical (unpaired) electrons. The molecule has 5 rings (SSSR count). The Labute approximate surface area is 191 Å². The summed E-state index contributed by atoms with van der Waals surface area (Å²) in [4.78, 5) is 0. The number of halogens is 1. The summed E-state index contributed by atoms with van der Waals surface area (Å²) >= 11 is 3.68. The van der Waals surface area contributed by atoms with Crippen LogP contribution >= 0.6 is 15.9 Å². The lowest BCUT2D eigenvalue weighted by Crippen LogP contribution is -2.08. The molecule has 1 aliphatic heterocycles. The van der Waals surface area contributed by atoms with Gasteiger partial charge in [0.2, 0.25) is 0 Å². The first-order valence-electron chi connectivity index (χ1n) is 10.7. The van der Waals surface area contributed by atoms with E-state index in [0.29, 0.717) is 13.2 Å². The van der Waals surface area contributed by atoms with Crippen molar-refractivity contribution in [3.05, 3.63) is 94.0 Å². The molecule has 0 unspecified atom stereocenters. The van der Waals surface area contributed by atoms with Gasteiger partial charge in [-0.1, -0.05) is 52.3 Å². The maximum atomic E-state index is 6.21. The zero-order chi connectivity index (χ0) is 21.2. The Bertz CT molecular complexity index is 1100. The summed E-state index contributed by atoms with van der Waals surface area (Å²) in [6.07, 6.45) is 4.21. The number of fused-ring (bicyclic) bond motifs is 5. The van der Waals surface area contributed by atoms with E-state index in [1.54, 1.807) is 7.11 Å². The molecule has 1 aliphatic carbocycles. The molecular weight excluding hydrogens is 452 g/mol. The number of ether oxygens (including phenoxy) is 3. The molecule has 0 N–H and O–H groups in total. The summed E-state index contributed by atoms with van der Waals surface area (Å²) in [5.74, 6) is 3.31. The van der Waals surface area contributed by atoms with Gasteiger partial charge in [-0.05, 0) is 59.5 Å². The van der Waals surface area contributed by atoms with E-state index in [4.69, 9.17) is 14.2 Å². The monoisotopic (exact) mass is 476 g/mol. The lowest BCUT2D eigenvalue weighted by molar-refractivity contribution is 0.246. The van der Waals surface area contributed by atoms with Crippen LogP contribution < -0.4 is 14.2 Å². The molecular formula is C27H25BrO3. The summed E-state index contributed by atoms with van der Waals surface area (Å²) in [5, 5.41) is 0. The van der Waals surface area contributed by atoms with E-state index < -0.39 is 0 Å². The van der Waals surface area contributed by atoms with Crippen LogP contribution in [0.25, 0.3) is 5.57 Å². The Kier molecular flexibility index (Phi) is 5.73. The second kappa shape index (κ2) is 8.80. The van der Waals surface area contributed by atoms with Crippen molar-refractivity contribution in [2.45, 2.75) is 24.7 Å². The van der Waals surface area contributed by atoms with E-state index in [9.17, 15) is 0 Å². The van der Waals surface area contributed by atoms with Crippen molar-refractivity contribution in [2.24, 2.45) is 0 Å². The molecule has 158 valence electrons. The van der Waals surface area contributed by atoms with E-state index in [1.165, 1.54) is 22.3 Å². The fourth-order valence-electron chi connectivity index (χ4n) is 4.64. The van der Waals surface area contributed by atoms with Crippen molar-refractivity contribution in [3.8, 4) is 17.2 Å². The van der Waals surface area contributed by atoms with Gasteiger partial charge >= 0.3 is 0 Å². The minimum atomic E-state index is 0.211. The number of methoxy groups -OCH3 is 1. The van der Waals surface area contributed by atoms with Gasteiger partial charge in [-0.25, -0.2) is 0 Å². The van der Waals surface area contributed by atoms with Gasteiger partial charge in [0.1, 0.15) is 17.2 Å². The molecule has 3 nitrogen and oxygen atoms in total. The highest BCUT2D eigenvalue weighted by Gasteiger charge is 2.34. The van der Waals surface area contributed by atoms with Crippen LogP contribution in [0.1, 0.15) is 41.4 Å². The highest BCUT2D eigenvalue weighted by atomic mass is 79.9. The van der Waals surface area contributed by atoms with Gasteiger partial charge < -0.3 is 14.2 Å². The third-order valence-electron chi connectivity index (χ3n) is 6.17. The average Bonchev–Trinajstić information content (AvgIpc) is 3.24. The van der Waals surface area contributed by atoms with Crippen LogP contribution in [-0.4, -0.2) is 20.3 Å². The van der Waals surface area contributed by atoms with Gasteiger partial charge in [0.25, 0.3) is 0 Å². The van der Waals surface area contributed by atoms with E-state index >= 15 is 0 Å². The largest absolute Gasteiger partial charge is 0.497 e. The van der Waals surface area contributed by atoms with Gasteiger partial charge in [-0.3, -0.25) is 0 Å². The summed E-state index contributed by atoms with van der Waals surface area (Å²) in [5.41, 5.74) is 5.06. The third kappa shape index (κ3) is 4.09. The molecule has 3 aromatic rings. The quantitative estimate of drug-likeness (QED) is 0.399. The third-order valence-corrected chi connectivity index (χ3v) is 6.66. The van der Waals surface area contributed by atoms with Crippen LogP contribution in [0.2, 0.25) is 0 Å². The van der Waals surface area contributed by atoms with Crippen molar-refractivity contribution in [1.82, 2.24) is 0 Å². The molecule has 0 fully saturated rings. The molecule has 31 heavy (non-hydrogen) atoms. The number of hydrogen-bond acceptors (Lipinski definition) is 3. The number of allylic oxidation sites excluding steroid dienone is 2. The Morgan fingerprint density at radius 1 is 0.871 bits per heavy atom. The SMILES string of the molecule is COc1ccc(C2=C[C@@H]3c4ccccc4OCCCOc4ccc(Br)cc4[C@@H]3C2)cc1. The lowest BCUT2D eigenvalue weighted by atomic mass is 9.82. The Morgan fingerprint density at radius 3 is 2.39 bits per heavy atom. The van der Waals surface area contributed by atoms with Crippen LogP contribution in [0, 0.1) is 0 Å². The first kappa shape index (κ1) is 20.2. The molecule has 0 saturated heterocycles. The minimum absolute atomic E-state index is 0.211. The van der Waals surface area contributed by atoms with E-state index in [1.807, 2.05) is 12.1 Å². The Morgan fingerprint density at radius 2 is 1.61 bits per heavy atom. The zero-order valence-corrected chi connectivity index (χ0v) is 19.1. The smallest absolute Gasteiger partial charge is 0.123 e. The first-order valence-corrected chi connectivity index (χ1v) is 11.5. The van der Waals surface area contributed by atoms with Gasteiger partial charge in [-0.15, -0.1) is 0 Å². The predicted octanol–water partition coefficient (Wildman–Crippen LogP) is 6.97. The van der Waals surface area contributed by atoms with Crippen molar-refractivity contribution < 1.29 is 14.2 Å². The number of benzene rings is 3. The van der Waals surface area contributed by atoms with Crippen LogP contribution in [-0.2, 0) is 0 Å². The van der Waals surface area contributed by atoms with Crippen molar-refractivity contribution >= 4 is 21.5 Å². The fourth-order valence-corrected chi connectivity index (χ4v) is 5.02. The Balaban J connectivity index is 1.63. The van der Waals surface area contributed by atoms with Crippen LogP contribution in [0.15, 0.2) is 77.3 Å². The number of hydrogen-bond donors (Lipinski definition) is 0. The summed E-state index contributed by atoms with van der Waals surface area (Å²) in [6.45, 7) is 1.29. The van der Waals surface area contributed by atoms with Crippen LogP contribution in [0.5, 0.6) is 17.2 Å². The topological polar surface area (TPSA) is 27.7 Å².